The second-order valence-corrected chi connectivity index (χ2v) is 3.59. The second kappa shape index (κ2) is 10.4. The van der Waals surface area contributed by atoms with Gasteiger partial charge in [0.1, 0.15) is 0 Å². The number of hydrogen-bond donors (Lipinski definition) is 0. The predicted octanol–water partition coefficient (Wildman–Crippen LogP) is 2.82. The number of hydrogen-bond acceptors (Lipinski definition) is 2. The molecule has 0 aromatic carbocycles. The van der Waals surface area contributed by atoms with Gasteiger partial charge in [-0.3, -0.25) is 0 Å². The fourth-order valence-electron chi connectivity index (χ4n) is 0.902. The molecule has 13 heavy (non-hydrogen) atoms. The summed E-state index contributed by atoms with van der Waals surface area (Å²) in [4.78, 5) is 0. The summed E-state index contributed by atoms with van der Waals surface area (Å²) in [7, 11) is 2.66. The first-order chi connectivity index (χ1) is 6.35. The van der Waals surface area contributed by atoms with Gasteiger partial charge in [0.2, 0.25) is 0 Å². The highest BCUT2D eigenvalue weighted by Gasteiger charge is 2.04. The van der Waals surface area contributed by atoms with E-state index >= 15 is 0 Å². The van der Waals surface area contributed by atoms with Crippen LogP contribution in [0.4, 0.5) is 0 Å². The van der Waals surface area contributed by atoms with E-state index in [-0.39, 0.29) is 6.29 Å². The van der Waals surface area contributed by atoms with Crippen molar-refractivity contribution in [1.29, 1.82) is 0 Å². The van der Waals surface area contributed by atoms with Crippen molar-refractivity contribution in [3.63, 3.8) is 0 Å². The van der Waals surface area contributed by atoms with Crippen LogP contribution in [0.15, 0.2) is 0 Å². The van der Waals surface area contributed by atoms with E-state index in [2.05, 4.69) is 23.1 Å². The molecule has 0 aliphatic carbocycles. The zero-order chi connectivity index (χ0) is 9.94. The Morgan fingerprint density at radius 1 is 1.00 bits per heavy atom. The minimum absolute atomic E-state index is 0.0110. The van der Waals surface area contributed by atoms with Crippen molar-refractivity contribution in [3.8, 4) is 0 Å². The lowest BCUT2D eigenvalue weighted by atomic mass is 10.4. The summed E-state index contributed by atoms with van der Waals surface area (Å²) in [6.07, 6.45) is 5.46. The Hall–Kier alpha value is 0.350. The molecule has 0 amide bonds. The van der Waals surface area contributed by atoms with Gasteiger partial charge in [0.05, 0.1) is 0 Å². The Morgan fingerprint density at radius 3 is 1.77 bits per heavy atom. The standard InChI is InChI=1S/C10H23O2P/c1-3-5-7-11-10(9-13)12-8-6-4-2/h10H,3-9,13H2,1-2H3. The molecule has 1 atom stereocenters. The van der Waals surface area contributed by atoms with Gasteiger partial charge in [0.15, 0.2) is 6.29 Å². The largest absolute Gasteiger partial charge is 0.352 e. The molecule has 0 rings (SSSR count). The summed E-state index contributed by atoms with van der Waals surface area (Å²) in [6.45, 7) is 5.97. The van der Waals surface area contributed by atoms with Crippen molar-refractivity contribution >= 4 is 9.24 Å². The summed E-state index contributed by atoms with van der Waals surface area (Å²) in [6, 6.07) is 0. The molecule has 0 N–H and O–H groups in total. The first-order valence-corrected chi connectivity index (χ1v) is 6.10. The van der Waals surface area contributed by atoms with Crippen LogP contribution in [0.25, 0.3) is 0 Å². The normalized spacial score (nSPS) is 11.1. The van der Waals surface area contributed by atoms with Crippen LogP contribution in [0.5, 0.6) is 0 Å². The molecule has 0 saturated heterocycles. The van der Waals surface area contributed by atoms with Crippen molar-refractivity contribution in [2.75, 3.05) is 19.4 Å². The molecule has 0 aliphatic heterocycles. The molecular weight excluding hydrogens is 183 g/mol. The summed E-state index contributed by atoms with van der Waals surface area (Å²) in [5.74, 6) is 0. The molecule has 3 heteroatoms. The van der Waals surface area contributed by atoms with Gasteiger partial charge >= 0.3 is 0 Å². The molecule has 0 aromatic rings. The Kier molecular flexibility index (Phi) is 10.7. The van der Waals surface area contributed by atoms with Gasteiger partial charge in [-0.1, -0.05) is 26.7 Å². The van der Waals surface area contributed by atoms with Crippen LogP contribution in [-0.2, 0) is 9.47 Å². The van der Waals surface area contributed by atoms with Gasteiger partial charge in [-0.2, -0.15) is 0 Å². The fourth-order valence-corrected chi connectivity index (χ4v) is 1.17. The lowest BCUT2D eigenvalue weighted by molar-refractivity contribution is -0.128. The van der Waals surface area contributed by atoms with E-state index in [9.17, 15) is 0 Å². The Morgan fingerprint density at radius 2 is 1.46 bits per heavy atom. The number of ether oxygens (including phenoxy) is 2. The SMILES string of the molecule is CCCCOC(CP)OCCCC. The van der Waals surface area contributed by atoms with Crippen LogP contribution in [0.1, 0.15) is 39.5 Å². The first-order valence-electron chi connectivity index (χ1n) is 5.28. The van der Waals surface area contributed by atoms with E-state index in [4.69, 9.17) is 9.47 Å². The maximum absolute atomic E-state index is 5.54. The van der Waals surface area contributed by atoms with Crippen LogP contribution in [-0.4, -0.2) is 25.7 Å². The van der Waals surface area contributed by atoms with Crippen LogP contribution in [0, 0.1) is 0 Å². The van der Waals surface area contributed by atoms with Crippen LogP contribution >= 0.6 is 9.24 Å². The molecule has 2 nitrogen and oxygen atoms in total. The molecule has 0 aromatic heterocycles. The monoisotopic (exact) mass is 206 g/mol. The van der Waals surface area contributed by atoms with Gasteiger partial charge in [-0.05, 0) is 12.8 Å². The smallest absolute Gasteiger partial charge is 0.160 e. The molecule has 0 saturated carbocycles. The van der Waals surface area contributed by atoms with Crippen LogP contribution in [0.2, 0.25) is 0 Å². The van der Waals surface area contributed by atoms with Crippen LogP contribution in [0.3, 0.4) is 0 Å². The average Bonchev–Trinajstić information content (AvgIpc) is 2.16. The van der Waals surface area contributed by atoms with E-state index in [0.717, 1.165) is 32.2 Å². The number of rotatable bonds is 9. The predicted molar refractivity (Wildman–Crippen MR) is 60.1 cm³/mol. The quantitative estimate of drug-likeness (QED) is 0.328. The van der Waals surface area contributed by atoms with E-state index in [0.29, 0.717) is 0 Å². The van der Waals surface area contributed by atoms with Crippen molar-refractivity contribution in [2.24, 2.45) is 0 Å². The molecule has 0 aliphatic rings. The maximum Gasteiger partial charge on any atom is 0.160 e. The van der Waals surface area contributed by atoms with Crippen LogP contribution < -0.4 is 0 Å². The molecule has 0 spiro atoms. The summed E-state index contributed by atoms with van der Waals surface area (Å²) in [5.41, 5.74) is 0. The third kappa shape index (κ3) is 8.67. The maximum atomic E-state index is 5.54. The zero-order valence-electron chi connectivity index (χ0n) is 8.92. The van der Waals surface area contributed by atoms with E-state index in [1.807, 2.05) is 0 Å². The average molecular weight is 206 g/mol. The number of unbranched alkanes of at least 4 members (excludes halogenated alkanes) is 2. The lowest BCUT2D eigenvalue weighted by Crippen LogP contribution is -2.20. The molecule has 0 fully saturated rings. The van der Waals surface area contributed by atoms with E-state index in [1.165, 1.54) is 12.8 Å². The molecule has 80 valence electrons. The second-order valence-electron chi connectivity index (χ2n) is 3.11. The summed E-state index contributed by atoms with van der Waals surface area (Å²) >= 11 is 0. The molecule has 0 radical (unpaired) electrons. The minimum Gasteiger partial charge on any atom is -0.352 e. The fraction of sp³-hybridized carbons (Fsp3) is 1.00. The van der Waals surface area contributed by atoms with Crippen molar-refractivity contribution < 1.29 is 9.47 Å². The highest BCUT2D eigenvalue weighted by atomic mass is 31.0. The van der Waals surface area contributed by atoms with Gasteiger partial charge in [-0.25, -0.2) is 0 Å². The first kappa shape index (κ1) is 13.4. The molecule has 0 heterocycles. The lowest BCUT2D eigenvalue weighted by Gasteiger charge is -2.16. The Labute approximate surface area is 84.6 Å². The third-order valence-corrected chi connectivity index (χ3v) is 2.18. The molecule has 1 unspecified atom stereocenters. The Bertz CT molecular complexity index is 88.9. The molecular formula is C10H23O2P. The minimum atomic E-state index is -0.0110. The van der Waals surface area contributed by atoms with Crippen molar-refractivity contribution in [2.45, 2.75) is 45.8 Å². The highest BCUT2D eigenvalue weighted by Crippen LogP contribution is 2.03. The van der Waals surface area contributed by atoms with E-state index in [1.54, 1.807) is 0 Å². The van der Waals surface area contributed by atoms with Gasteiger partial charge in [-0.15, -0.1) is 9.24 Å². The topological polar surface area (TPSA) is 18.5 Å². The highest BCUT2D eigenvalue weighted by molar-refractivity contribution is 7.16. The Balaban J connectivity index is 3.28. The zero-order valence-corrected chi connectivity index (χ0v) is 10.1. The molecule has 0 bridgehead atoms. The van der Waals surface area contributed by atoms with Gasteiger partial charge in [0, 0.05) is 19.4 Å². The van der Waals surface area contributed by atoms with E-state index < -0.39 is 0 Å². The summed E-state index contributed by atoms with van der Waals surface area (Å²) < 4.78 is 11.1. The van der Waals surface area contributed by atoms with Crippen molar-refractivity contribution in [3.05, 3.63) is 0 Å². The third-order valence-electron chi connectivity index (χ3n) is 1.80. The van der Waals surface area contributed by atoms with Gasteiger partial charge < -0.3 is 9.47 Å². The van der Waals surface area contributed by atoms with Gasteiger partial charge in [0.25, 0.3) is 0 Å². The summed E-state index contributed by atoms with van der Waals surface area (Å²) in [5, 5.41) is 0. The van der Waals surface area contributed by atoms with Crippen molar-refractivity contribution in [1.82, 2.24) is 0 Å².